The van der Waals surface area contributed by atoms with Crippen molar-refractivity contribution in [3.05, 3.63) is 65.9 Å². The summed E-state index contributed by atoms with van der Waals surface area (Å²) in [6, 6.07) is 17.1. The second kappa shape index (κ2) is 4.73. The quantitative estimate of drug-likeness (QED) is 0.724. The molecule has 3 aromatic rings. The van der Waals surface area contributed by atoms with Crippen molar-refractivity contribution in [1.82, 2.24) is 10.3 Å². The molecule has 0 bridgehead atoms. The van der Waals surface area contributed by atoms with Crippen LogP contribution in [0.15, 0.2) is 54.7 Å². The van der Waals surface area contributed by atoms with Crippen LogP contribution in [-0.4, -0.2) is 11.5 Å². The summed E-state index contributed by atoms with van der Waals surface area (Å²) in [5.74, 6) is 0. The van der Waals surface area contributed by atoms with E-state index in [1.165, 1.54) is 27.5 Å². The van der Waals surface area contributed by atoms with E-state index in [4.69, 9.17) is 0 Å². The van der Waals surface area contributed by atoms with Gasteiger partial charge in [0.1, 0.15) is 0 Å². The van der Waals surface area contributed by atoms with Gasteiger partial charge in [-0.3, -0.25) is 4.98 Å². The Labute approximate surface area is 118 Å². The minimum Gasteiger partial charge on any atom is -0.312 e. The van der Waals surface area contributed by atoms with Crippen molar-refractivity contribution >= 4 is 10.8 Å². The van der Waals surface area contributed by atoms with Crippen LogP contribution in [0.3, 0.4) is 0 Å². The predicted molar refractivity (Wildman–Crippen MR) is 82.6 cm³/mol. The number of nitrogens with one attached hydrogen (secondary N) is 1. The molecule has 2 aromatic carbocycles. The van der Waals surface area contributed by atoms with Crippen LogP contribution >= 0.6 is 0 Å². The van der Waals surface area contributed by atoms with E-state index < -0.39 is 0 Å². The van der Waals surface area contributed by atoms with Crippen molar-refractivity contribution < 1.29 is 0 Å². The predicted octanol–water partition coefficient (Wildman–Crippen LogP) is 3.55. The van der Waals surface area contributed by atoms with Crippen molar-refractivity contribution in [2.75, 3.05) is 6.54 Å². The largest absolute Gasteiger partial charge is 0.312 e. The third kappa shape index (κ3) is 1.81. The summed E-state index contributed by atoms with van der Waals surface area (Å²) in [7, 11) is 0. The Morgan fingerprint density at radius 1 is 0.950 bits per heavy atom. The molecule has 2 nitrogen and oxygen atoms in total. The summed E-state index contributed by atoms with van der Waals surface area (Å²) in [5.41, 5.74) is 5.27. The fraction of sp³-hybridized carbons (Fsp3) is 0.167. The first-order chi connectivity index (χ1) is 9.93. The summed E-state index contributed by atoms with van der Waals surface area (Å²) >= 11 is 0. The Hall–Kier alpha value is -2.19. The molecule has 0 amide bonds. The molecule has 1 N–H and O–H groups in total. The second-order valence-corrected chi connectivity index (χ2v) is 5.25. The lowest BCUT2D eigenvalue weighted by Gasteiger charge is -2.20. The first-order valence-corrected chi connectivity index (χ1v) is 7.09. The van der Waals surface area contributed by atoms with Gasteiger partial charge in [0.25, 0.3) is 0 Å². The van der Waals surface area contributed by atoms with E-state index in [1.54, 1.807) is 0 Å². The molecule has 0 spiro atoms. The number of benzene rings is 2. The Morgan fingerprint density at radius 3 is 2.90 bits per heavy atom. The summed E-state index contributed by atoms with van der Waals surface area (Å²) in [6.07, 6.45) is 2.99. The molecule has 0 unspecified atom stereocenters. The minimum absolute atomic E-state index is 0.966. The zero-order valence-electron chi connectivity index (χ0n) is 11.3. The molecule has 0 radical (unpaired) electrons. The average molecular weight is 260 g/mol. The monoisotopic (exact) mass is 260 g/mol. The van der Waals surface area contributed by atoms with Gasteiger partial charge in [0.15, 0.2) is 0 Å². The first-order valence-electron chi connectivity index (χ1n) is 7.09. The van der Waals surface area contributed by atoms with Crippen molar-refractivity contribution in [2.24, 2.45) is 0 Å². The third-order valence-electron chi connectivity index (χ3n) is 4.07. The lowest BCUT2D eigenvalue weighted by atomic mass is 9.92. The SMILES string of the molecule is c1cc2c(c(-c3nccc4ccccc34)c1)CCNC2. The molecule has 98 valence electrons. The maximum atomic E-state index is 4.66. The molecule has 20 heavy (non-hydrogen) atoms. The van der Waals surface area contributed by atoms with Crippen LogP contribution in [0.4, 0.5) is 0 Å². The molecular weight excluding hydrogens is 244 g/mol. The number of hydrogen-bond acceptors (Lipinski definition) is 2. The van der Waals surface area contributed by atoms with Crippen molar-refractivity contribution in [2.45, 2.75) is 13.0 Å². The minimum atomic E-state index is 0.966. The van der Waals surface area contributed by atoms with Crippen molar-refractivity contribution in [3.63, 3.8) is 0 Å². The van der Waals surface area contributed by atoms with E-state index in [1.807, 2.05) is 6.20 Å². The molecule has 2 heterocycles. The fourth-order valence-corrected chi connectivity index (χ4v) is 3.09. The third-order valence-corrected chi connectivity index (χ3v) is 4.07. The van der Waals surface area contributed by atoms with Crippen LogP contribution < -0.4 is 5.32 Å². The standard InChI is InChI=1S/C18H16N2/c1-2-6-16-13(4-1)8-11-20-18(16)17-7-3-5-14-12-19-10-9-15(14)17/h1-8,11,19H,9-10,12H2. The number of fused-ring (bicyclic) bond motifs is 2. The lowest BCUT2D eigenvalue weighted by molar-refractivity contribution is 0.644. The number of nitrogens with zero attached hydrogens (tertiary/aromatic N) is 1. The molecule has 0 fully saturated rings. The van der Waals surface area contributed by atoms with Crippen LogP contribution in [0, 0.1) is 0 Å². The van der Waals surface area contributed by atoms with Gasteiger partial charge >= 0.3 is 0 Å². The molecule has 1 aliphatic heterocycles. The fourth-order valence-electron chi connectivity index (χ4n) is 3.09. The number of rotatable bonds is 1. The van der Waals surface area contributed by atoms with E-state index in [9.17, 15) is 0 Å². The summed E-state index contributed by atoms with van der Waals surface area (Å²) in [6.45, 7) is 2.02. The topological polar surface area (TPSA) is 24.9 Å². The molecule has 0 saturated heterocycles. The lowest BCUT2D eigenvalue weighted by Crippen LogP contribution is -2.24. The van der Waals surface area contributed by atoms with Crippen LogP contribution in [-0.2, 0) is 13.0 Å². The number of pyridine rings is 1. The highest BCUT2D eigenvalue weighted by Crippen LogP contribution is 2.31. The summed E-state index contributed by atoms with van der Waals surface area (Å²) in [4.78, 5) is 4.66. The highest BCUT2D eigenvalue weighted by atomic mass is 14.9. The molecule has 0 atom stereocenters. The van der Waals surface area contributed by atoms with Gasteiger partial charge in [-0.25, -0.2) is 0 Å². The van der Waals surface area contributed by atoms with Crippen molar-refractivity contribution in [1.29, 1.82) is 0 Å². The summed E-state index contributed by atoms with van der Waals surface area (Å²) < 4.78 is 0. The molecule has 0 saturated carbocycles. The Kier molecular flexibility index (Phi) is 2.75. The van der Waals surface area contributed by atoms with Crippen LogP contribution in [0.1, 0.15) is 11.1 Å². The molecule has 1 aromatic heterocycles. The molecule has 4 rings (SSSR count). The van der Waals surface area contributed by atoms with Gasteiger partial charge in [-0.1, -0.05) is 42.5 Å². The van der Waals surface area contributed by atoms with Gasteiger partial charge in [0, 0.05) is 23.7 Å². The van der Waals surface area contributed by atoms with Gasteiger partial charge in [-0.2, -0.15) is 0 Å². The highest BCUT2D eigenvalue weighted by molar-refractivity contribution is 5.95. The molecule has 0 aliphatic carbocycles. The zero-order chi connectivity index (χ0) is 13.4. The van der Waals surface area contributed by atoms with Gasteiger partial charge in [0.05, 0.1) is 5.69 Å². The highest BCUT2D eigenvalue weighted by Gasteiger charge is 2.15. The van der Waals surface area contributed by atoms with Gasteiger partial charge in [0.2, 0.25) is 0 Å². The van der Waals surface area contributed by atoms with E-state index in [2.05, 4.69) is 58.8 Å². The first kappa shape index (κ1) is 11.6. The number of aromatic nitrogens is 1. The van der Waals surface area contributed by atoms with E-state index in [0.717, 1.165) is 25.2 Å². The second-order valence-electron chi connectivity index (χ2n) is 5.25. The molecule has 1 aliphatic rings. The number of hydrogen-bond donors (Lipinski definition) is 1. The zero-order valence-corrected chi connectivity index (χ0v) is 11.3. The normalized spacial score (nSPS) is 14.2. The van der Waals surface area contributed by atoms with E-state index >= 15 is 0 Å². The van der Waals surface area contributed by atoms with Crippen LogP contribution in [0.5, 0.6) is 0 Å². The van der Waals surface area contributed by atoms with Gasteiger partial charge in [-0.15, -0.1) is 0 Å². The maximum absolute atomic E-state index is 4.66. The Morgan fingerprint density at radius 2 is 1.90 bits per heavy atom. The average Bonchev–Trinajstić information content (AvgIpc) is 2.54. The smallest absolute Gasteiger partial charge is 0.0783 e. The van der Waals surface area contributed by atoms with Crippen LogP contribution in [0.2, 0.25) is 0 Å². The Bertz CT molecular complexity index is 772. The summed E-state index contributed by atoms with van der Waals surface area (Å²) in [5, 5.41) is 5.93. The van der Waals surface area contributed by atoms with Crippen LogP contribution in [0.25, 0.3) is 22.0 Å². The van der Waals surface area contributed by atoms with E-state index in [-0.39, 0.29) is 0 Å². The molecular formula is C18H16N2. The molecule has 2 heteroatoms. The van der Waals surface area contributed by atoms with E-state index in [0.29, 0.717) is 0 Å². The Balaban J connectivity index is 2.00. The van der Waals surface area contributed by atoms with Crippen molar-refractivity contribution in [3.8, 4) is 11.3 Å². The van der Waals surface area contributed by atoms with Gasteiger partial charge in [-0.05, 0) is 35.5 Å². The maximum Gasteiger partial charge on any atom is 0.0783 e. The van der Waals surface area contributed by atoms with Gasteiger partial charge < -0.3 is 5.32 Å².